The Morgan fingerprint density at radius 2 is 0.534 bits per heavy atom. The average molecular weight is 1130 g/mol. The summed E-state index contributed by atoms with van der Waals surface area (Å²) < 4.78 is 0. The second-order valence-electron chi connectivity index (χ2n) is 27.8. The number of benzene rings is 13. The van der Waals surface area contributed by atoms with Crippen LogP contribution in [0.1, 0.15) is 99.9 Å². The molecular weight excluding hydrogens is 1060 g/mol. The van der Waals surface area contributed by atoms with Crippen molar-refractivity contribution in [2.45, 2.75) is 77.0 Å². The van der Waals surface area contributed by atoms with E-state index < -0.39 is 0 Å². The molecule has 2 aliphatic heterocycles. The van der Waals surface area contributed by atoms with E-state index in [9.17, 15) is 0 Å². The number of hydrogen-bond acceptors (Lipinski definition) is 2. The maximum Gasteiger partial charge on any atom is 0.0540 e. The van der Waals surface area contributed by atoms with Gasteiger partial charge in [0, 0.05) is 32.4 Å². The fourth-order valence-electron chi connectivity index (χ4n) is 17.9. The van der Waals surface area contributed by atoms with Crippen LogP contribution in [0.2, 0.25) is 0 Å². The van der Waals surface area contributed by atoms with E-state index >= 15 is 0 Å². The summed E-state index contributed by atoms with van der Waals surface area (Å²) in [6, 6.07) is 93.6. The Morgan fingerprint density at radius 3 is 0.943 bits per heavy atom. The van der Waals surface area contributed by atoms with E-state index in [1.54, 1.807) is 0 Å². The van der Waals surface area contributed by atoms with Gasteiger partial charge in [0.2, 0.25) is 0 Å². The molecule has 2 heterocycles. The highest BCUT2D eigenvalue weighted by atomic mass is 15.2. The Kier molecular flexibility index (Phi) is 9.65. The lowest BCUT2D eigenvalue weighted by atomic mass is 9.71. The van der Waals surface area contributed by atoms with Gasteiger partial charge < -0.3 is 9.80 Å². The summed E-state index contributed by atoms with van der Waals surface area (Å²) in [4.78, 5) is 5.25. The van der Waals surface area contributed by atoms with E-state index in [0.29, 0.717) is 0 Å². The van der Waals surface area contributed by atoms with E-state index in [2.05, 4.69) is 308 Å². The molecule has 2 nitrogen and oxygen atoms in total. The highest BCUT2D eigenvalue weighted by Gasteiger charge is 2.45. The van der Waals surface area contributed by atoms with Crippen molar-refractivity contribution in [3.05, 3.63) is 287 Å². The van der Waals surface area contributed by atoms with Crippen LogP contribution in [0.3, 0.4) is 0 Å². The molecule has 418 valence electrons. The van der Waals surface area contributed by atoms with Crippen LogP contribution in [-0.4, -0.2) is 0 Å². The standard InChI is InChI=1S/C86H64N2/c1-83(2)61-35-17-15-29-51(61)59-45-67-73(47-65(59)83)87(71-39-21-19-37-63(71)85(67,5)6)69-43-41-57-77-53(69)31-23-33-55(77)79-75(49-25-11-9-12-26-49)80-56-34-24-32-54-70(44-42-58(78(54)56)82(80)76(81(57)79)50-27-13-10-14-28-50)88-72-40-22-20-38-64(72)86(7,8)68-46-60-52-30-16-18-36-62(52)84(3,4)66(60)48-74(68)88/h9-48H,1-8H3. The zero-order valence-electron chi connectivity index (χ0n) is 51.0. The fourth-order valence-corrected chi connectivity index (χ4v) is 17.9. The van der Waals surface area contributed by atoms with Crippen molar-refractivity contribution in [1.82, 2.24) is 0 Å². The number of para-hydroxylation sites is 2. The number of rotatable bonds is 4. The highest BCUT2D eigenvalue weighted by molar-refractivity contribution is 6.47. The molecule has 15 aromatic carbocycles. The first-order chi connectivity index (χ1) is 42.7. The van der Waals surface area contributed by atoms with Crippen LogP contribution in [0.25, 0.3) is 109 Å². The third-order valence-electron chi connectivity index (χ3n) is 22.1. The Hall–Kier alpha value is -10.0. The maximum absolute atomic E-state index is 2.62. The summed E-state index contributed by atoms with van der Waals surface area (Å²) in [7, 11) is 0. The van der Waals surface area contributed by atoms with Gasteiger partial charge in [-0.05, 0) is 191 Å². The number of fused-ring (bicyclic) bond motifs is 16. The van der Waals surface area contributed by atoms with Crippen molar-refractivity contribution in [3.63, 3.8) is 0 Å². The monoisotopic (exact) mass is 1120 g/mol. The lowest BCUT2D eigenvalue weighted by molar-refractivity contribution is 0.627. The summed E-state index contributed by atoms with van der Waals surface area (Å²) in [5, 5.41) is 15.5. The van der Waals surface area contributed by atoms with Crippen LogP contribution < -0.4 is 9.80 Å². The van der Waals surface area contributed by atoms with E-state index in [4.69, 9.17) is 0 Å². The Labute approximate surface area is 514 Å². The second-order valence-corrected chi connectivity index (χ2v) is 27.8. The Bertz CT molecular complexity index is 5160. The summed E-state index contributed by atoms with van der Waals surface area (Å²) in [6.45, 7) is 19.4. The van der Waals surface area contributed by atoms with Crippen LogP contribution in [0, 0.1) is 0 Å². The van der Waals surface area contributed by atoms with Crippen molar-refractivity contribution in [3.8, 4) is 44.5 Å². The van der Waals surface area contributed by atoms with Gasteiger partial charge in [-0.1, -0.05) is 250 Å². The summed E-state index contributed by atoms with van der Waals surface area (Å²) in [5.41, 5.74) is 28.0. The minimum Gasteiger partial charge on any atom is -0.309 e. The summed E-state index contributed by atoms with van der Waals surface area (Å²) in [6.07, 6.45) is 0. The molecule has 0 N–H and O–H groups in total. The van der Waals surface area contributed by atoms with E-state index in [0.717, 1.165) is 0 Å². The van der Waals surface area contributed by atoms with Gasteiger partial charge >= 0.3 is 0 Å². The predicted octanol–water partition coefficient (Wildman–Crippen LogP) is 23.6. The van der Waals surface area contributed by atoms with Crippen LogP contribution >= 0.6 is 0 Å². The highest BCUT2D eigenvalue weighted by Crippen LogP contribution is 2.63. The minimum absolute atomic E-state index is 0.156. The van der Waals surface area contributed by atoms with Gasteiger partial charge in [-0.3, -0.25) is 0 Å². The zero-order valence-corrected chi connectivity index (χ0v) is 51.0. The number of hydrogen-bond donors (Lipinski definition) is 0. The smallest absolute Gasteiger partial charge is 0.0540 e. The van der Waals surface area contributed by atoms with Gasteiger partial charge in [0.1, 0.15) is 0 Å². The van der Waals surface area contributed by atoms with Gasteiger partial charge in [0.25, 0.3) is 0 Å². The number of anilines is 6. The Balaban J connectivity index is 0.910. The molecule has 15 aromatic rings. The molecule has 0 saturated heterocycles. The third kappa shape index (κ3) is 6.13. The van der Waals surface area contributed by atoms with Crippen LogP contribution in [0.5, 0.6) is 0 Å². The molecule has 0 fully saturated rings. The average Bonchev–Trinajstić information content (AvgIpc) is 1.50. The summed E-state index contributed by atoms with van der Waals surface area (Å²) in [5.74, 6) is 0. The molecule has 0 unspecified atom stereocenters. The molecule has 0 spiro atoms. The van der Waals surface area contributed by atoms with Crippen molar-refractivity contribution in [1.29, 1.82) is 0 Å². The molecule has 2 heteroatoms. The van der Waals surface area contributed by atoms with E-state index in [1.165, 1.54) is 188 Å². The van der Waals surface area contributed by atoms with Crippen molar-refractivity contribution in [2.24, 2.45) is 0 Å². The molecular formula is C86H64N2. The predicted molar refractivity (Wildman–Crippen MR) is 373 cm³/mol. The largest absolute Gasteiger partial charge is 0.309 e. The van der Waals surface area contributed by atoms with Gasteiger partial charge in [-0.2, -0.15) is 0 Å². The van der Waals surface area contributed by atoms with Gasteiger partial charge in [-0.25, -0.2) is 0 Å². The first-order valence-electron chi connectivity index (χ1n) is 31.6. The van der Waals surface area contributed by atoms with Crippen LogP contribution in [-0.2, 0) is 21.7 Å². The van der Waals surface area contributed by atoms with Crippen LogP contribution in [0.4, 0.5) is 34.1 Å². The topological polar surface area (TPSA) is 6.48 Å². The van der Waals surface area contributed by atoms with Crippen molar-refractivity contribution in [2.75, 3.05) is 9.80 Å². The van der Waals surface area contributed by atoms with Crippen molar-refractivity contribution >= 4 is 98.8 Å². The minimum atomic E-state index is -0.246. The van der Waals surface area contributed by atoms with Gasteiger partial charge in [0.05, 0.1) is 34.1 Å². The molecule has 0 aromatic heterocycles. The molecule has 0 radical (unpaired) electrons. The molecule has 2 aliphatic carbocycles. The maximum atomic E-state index is 2.62. The molecule has 0 atom stereocenters. The summed E-state index contributed by atoms with van der Waals surface area (Å²) >= 11 is 0. The van der Waals surface area contributed by atoms with Gasteiger partial charge in [0.15, 0.2) is 0 Å². The quantitative estimate of drug-likeness (QED) is 0.173. The van der Waals surface area contributed by atoms with Gasteiger partial charge in [-0.15, -0.1) is 0 Å². The van der Waals surface area contributed by atoms with E-state index in [-0.39, 0.29) is 21.7 Å². The molecule has 0 bridgehead atoms. The zero-order chi connectivity index (χ0) is 59.1. The first kappa shape index (κ1) is 50.2. The molecule has 0 amide bonds. The lowest BCUT2D eigenvalue weighted by Gasteiger charge is -2.43. The molecule has 88 heavy (non-hydrogen) atoms. The van der Waals surface area contributed by atoms with Crippen LogP contribution in [0.15, 0.2) is 243 Å². The first-order valence-corrected chi connectivity index (χ1v) is 31.6. The van der Waals surface area contributed by atoms with Crippen molar-refractivity contribution < 1.29 is 0 Å². The Morgan fingerprint density at radius 1 is 0.205 bits per heavy atom. The second kappa shape index (κ2) is 16.9. The number of nitrogens with zero attached hydrogens (tertiary/aromatic N) is 2. The molecule has 4 aliphatic rings. The lowest BCUT2D eigenvalue weighted by Crippen LogP contribution is -2.31. The fraction of sp³-hybridized carbons (Fsp3) is 0.140. The SMILES string of the molecule is CC1(C)c2ccccc2-c2cc3c(cc21)N(c1ccc2c4c(-c5ccccc5)c5c6ccc(N7c8ccccc8C(C)(C)c8cc9c(cc87)C(C)(C)c7ccccc7-9)c7cccc(c5c(-c5ccccc5)c4c4cccc1c42)c76)c1ccccc1C3(C)C. The third-order valence-corrected chi connectivity index (χ3v) is 22.1. The molecule has 0 saturated carbocycles. The normalized spacial score (nSPS) is 16.0. The van der Waals surface area contributed by atoms with E-state index in [1.807, 2.05) is 0 Å². The molecule has 19 rings (SSSR count).